The number of hydrogen-bond donors (Lipinski definition) is 0. The summed E-state index contributed by atoms with van der Waals surface area (Å²) in [4.78, 5) is 12.7. The molecule has 4 atom stereocenters. The first-order valence-corrected chi connectivity index (χ1v) is 14.0. The smallest absolute Gasteiger partial charge is 0.314 e. The summed E-state index contributed by atoms with van der Waals surface area (Å²) in [6, 6.07) is 2.54. The van der Waals surface area contributed by atoms with Gasteiger partial charge in [-0.05, 0) is 119 Å². The van der Waals surface area contributed by atoms with E-state index in [1.807, 2.05) is 0 Å². The van der Waals surface area contributed by atoms with Gasteiger partial charge in [-0.1, -0.05) is 31.2 Å². The van der Waals surface area contributed by atoms with Crippen molar-refractivity contribution in [2.75, 3.05) is 6.61 Å². The van der Waals surface area contributed by atoms with Gasteiger partial charge in [0.15, 0.2) is 11.5 Å². The van der Waals surface area contributed by atoms with Gasteiger partial charge in [-0.3, -0.25) is 4.79 Å². The van der Waals surface area contributed by atoms with Crippen LogP contribution in [0, 0.1) is 47.1 Å². The minimum absolute atomic E-state index is 0.0680. The molecule has 3 aliphatic carbocycles. The van der Waals surface area contributed by atoms with E-state index >= 15 is 0 Å². The summed E-state index contributed by atoms with van der Waals surface area (Å²) in [6.07, 6.45) is 20.4. The summed E-state index contributed by atoms with van der Waals surface area (Å²) < 4.78 is 39.0. The van der Waals surface area contributed by atoms with Gasteiger partial charge in [0.25, 0.3) is 0 Å². The Kier molecular flexibility index (Phi) is 9.61. The van der Waals surface area contributed by atoms with Crippen LogP contribution in [0.2, 0.25) is 0 Å². The van der Waals surface area contributed by atoms with E-state index in [-0.39, 0.29) is 24.0 Å². The highest BCUT2D eigenvalue weighted by molar-refractivity contribution is 5.75. The van der Waals surface area contributed by atoms with Crippen LogP contribution in [0.15, 0.2) is 36.9 Å². The van der Waals surface area contributed by atoms with Crippen molar-refractivity contribution in [3.05, 3.63) is 48.6 Å². The molecule has 198 valence electrons. The number of halogens is 2. The van der Waals surface area contributed by atoms with E-state index < -0.39 is 17.6 Å². The lowest BCUT2D eigenvalue weighted by Crippen LogP contribution is -2.35. The number of fused-ring (bicyclic) bond motifs is 1. The Balaban J connectivity index is 1.23. The molecule has 3 fully saturated rings. The van der Waals surface area contributed by atoms with Crippen molar-refractivity contribution in [1.82, 2.24) is 0 Å². The fourth-order valence-corrected chi connectivity index (χ4v) is 7.08. The molecule has 3 nitrogen and oxygen atoms in total. The molecule has 0 aliphatic heterocycles. The number of hydrogen-bond acceptors (Lipinski definition) is 3. The van der Waals surface area contributed by atoms with Gasteiger partial charge in [0.1, 0.15) is 6.61 Å². The standard InChI is InChI=1S/C31H42F2O3/c1-3-5-6-7-21-8-9-26-20-25(15-14-24(26)19-21)22-10-12-23(13-11-22)31(34)36-28-17-16-27(35-18-4-2)29(32)30(28)33/h3-5,16-17,21-26H,2,6-15,18-20H2,1H3/b5-3+. The van der Waals surface area contributed by atoms with Gasteiger partial charge in [0.05, 0.1) is 5.92 Å². The number of ether oxygens (including phenoxy) is 2. The predicted molar refractivity (Wildman–Crippen MR) is 139 cm³/mol. The van der Waals surface area contributed by atoms with E-state index in [0.717, 1.165) is 49.4 Å². The Morgan fingerprint density at radius 3 is 2.25 bits per heavy atom. The normalized spacial score (nSPS) is 30.5. The third-order valence-corrected chi connectivity index (χ3v) is 9.09. The molecule has 0 bridgehead atoms. The molecule has 4 rings (SSSR count). The maximum Gasteiger partial charge on any atom is 0.314 e. The van der Waals surface area contributed by atoms with Crippen LogP contribution in [0.1, 0.15) is 84.0 Å². The molecule has 36 heavy (non-hydrogen) atoms. The maximum absolute atomic E-state index is 14.4. The number of rotatable bonds is 9. The Labute approximate surface area is 215 Å². The fourth-order valence-electron chi connectivity index (χ4n) is 7.08. The summed E-state index contributed by atoms with van der Waals surface area (Å²) in [6.45, 7) is 5.67. The summed E-state index contributed by atoms with van der Waals surface area (Å²) in [5.41, 5.74) is 0. The zero-order valence-corrected chi connectivity index (χ0v) is 21.7. The van der Waals surface area contributed by atoms with Gasteiger partial charge >= 0.3 is 5.97 Å². The highest BCUT2D eigenvalue weighted by Gasteiger charge is 2.39. The average Bonchev–Trinajstić information content (AvgIpc) is 2.91. The Bertz CT molecular complexity index is 919. The molecular weight excluding hydrogens is 458 g/mol. The fraction of sp³-hybridized carbons (Fsp3) is 0.645. The highest BCUT2D eigenvalue weighted by atomic mass is 19.2. The van der Waals surface area contributed by atoms with Crippen molar-refractivity contribution in [2.24, 2.45) is 35.5 Å². The second-order valence-corrected chi connectivity index (χ2v) is 11.2. The average molecular weight is 501 g/mol. The van der Waals surface area contributed by atoms with Crippen LogP contribution >= 0.6 is 0 Å². The molecule has 0 heterocycles. The molecule has 0 amide bonds. The van der Waals surface area contributed by atoms with Gasteiger partial charge in [-0.15, -0.1) is 0 Å². The first kappa shape index (κ1) is 26.9. The van der Waals surface area contributed by atoms with Crippen molar-refractivity contribution >= 4 is 5.97 Å². The second-order valence-electron chi connectivity index (χ2n) is 11.2. The highest BCUT2D eigenvalue weighted by Crippen LogP contribution is 2.49. The van der Waals surface area contributed by atoms with Gasteiger partial charge in [-0.25, -0.2) is 0 Å². The van der Waals surface area contributed by atoms with Crippen LogP contribution in [0.4, 0.5) is 8.78 Å². The Hall–Kier alpha value is -2.17. The molecule has 3 aliphatic rings. The van der Waals surface area contributed by atoms with Crippen LogP contribution in [0.25, 0.3) is 0 Å². The molecule has 5 heteroatoms. The number of benzene rings is 1. The van der Waals surface area contributed by atoms with Gasteiger partial charge in [0, 0.05) is 0 Å². The largest absolute Gasteiger partial charge is 0.486 e. The zero-order valence-electron chi connectivity index (χ0n) is 21.7. The van der Waals surface area contributed by atoms with Crippen LogP contribution < -0.4 is 9.47 Å². The van der Waals surface area contributed by atoms with Gasteiger partial charge in [-0.2, -0.15) is 8.78 Å². The number of esters is 1. The molecule has 0 aromatic heterocycles. The monoisotopic (exact) mass is 500 g/mol. The Morgan fingerprint density at radius 2 is 1.53 bits per heavy atom. The second kappa shape index (κ2) is 12.9. The lowest BCUT2D eigenvalue weighted by Gasteiger charge is -2.45. The molecular formula is C31H42F2O3. The van der Waals surface area contributed by atoms with Crippen molar-refractivity contribution in [1.29, 1.82) is 0 Å². The summed E-state index contributed by atoms with van der Waals surface area (Å²) in [5, 5.41) is 0. The Morgan fingerprint density at radius 1 is 0.917 bits per heavy atom. The topological polar surface area (TPSA) is 35.5 Å². The van der Waals surface area contributed by atoms with Crippen LogP contribution in [-0.2, 0) is 4.79 Å². The van der Waals surface area contributed by atoms with E-state index in [1.54, 1.807) is 0 Å². The molecule has 3 saturated carbocycles. The zero-order chi connectivity index (χ0) is 25.5. The molecule has 1 aromatic rings. The van der Waals surface area contributed by atoms with Crippen LogP contribution in [0.5, 0.6) is 11.5 Å². The van der Waals surface area contributed by atoms with E-state index in [9.17, 15) is 13.6 Å². The van der Waals surface area contributed by atoms with E-state index in [0.29, 0.717) is 5.92 Å². The molecule has 1 aromatic carbocycles. The van der Waals surface area contributed by atoms with Crippen molar-refractivity contribution < 1.29 is 23.0 Å². The number of carbonyl (C=O) groups is 1. The van der Waals surface area contributed by atoms with E-state index in [1.165, 1.54) is 69.6 Å². The molecule has 4 unspecified atom stereocenters. The summed E-state index contributed by atoms with van der Waals surface area (Å²) in [5.74, 6) is 0.553. The minimum atomic E-state index is -1.19. The molecule has 0 spiro atoms. The van der Waals surface area contributed by atoms with Gasteiger partial charge in [0.2, 0.25) is 11.6 Å². The number of carbonyl (C=O) groups excluding carboxylic acids is 1. The lowest BCUT2D eigenvalue weighted by molar-refractivity contribution is -0.140. The molecule has 0 N–H and O–H groups in total. The predicted octanol–water partition coefficient (Wildman–Crippen LogP) is 8.43. The first-order valence-electron chi connectivity index (χ1n) is 14.0. The molecule has 0 radical (unpaired) electrons. The van der Waals surface area contributed by atoms with E-state index in [2.05, 4.69) is 25.7 Å². The van der Waals surface area contributed by atoms with Crippen molar-refractivity contribution in [3.63, 3.8) is 0 Å². The summed E-state index contributed by atoms with van der Waals surface area (Å²) >= 11 is 0. The van der Waals surface area contributed by atoms with Gasteiger partial charge < -0.3 is 9.47 Å². The van der Waals surface area contributed by atoms with Crippen LogP contribution in [-0.4, -0.2) is 12.6 Å². The quantitative estimate of drug-likeness (QED) is 0.194. The third-order valence-electron chi connectivity index (χ3n) is 9.09. The molecule has 0 saturated heterocycles. The SMILES string of the molecule is C=CCOc1ccc(OC(=O)C2CCC(C3CCC4CC(CC/C=C/C)CCC4C3)CC2)c(F)c1F. The maximum atomic E-state index is 14.4. The van der Waals surface area contributed by atoms with E-state index in [4.69, 9.17) is 9.47 Å². The van der Waals surface area contributed by atoms with Crippen molar-refractivity contribution in [3.8, 4) is 11.5 Å². The summed E-state index contributed by atoms with van der Waals surface area (Å²) in [7, 11) is 0. The third kappa shape index (κ3) is 6.58. The van der Waals surface area contributed by atoms with Crippen molar-refractivity contribution in [2.45, 2.75) is 84.0 Å². The van der Waals surface area contributed by atoms with Crippen LogP contribution in [0.3, 0.4) is 0 Å². The number of allylic oxidation sites excluding steroid dienone is 2. The first-order chi connectivity index (χ1) is 17.5. The lowest BCUT2D eigenvalue weighted by atomic mass is 9.60. The minimum Gasteiger partial charge on any atom is -0.486 e.